The molecule has 8 amide bonds. The van der Waals surface area contributed by atoms with Crippen molar-refractivity contribution in [1.82, 2.24) is 62.1 Å². The first-order valence-corrected chi connectivity index (χ1v) is 47.3. The van der Waals surface area contributed by atoms with Gasteiger partial charge in [0, 0.05) is 126 Å². The highest BCUT2D eigenvalue weighted by molar-refractivity contribution is 5.96. The molecule has 16 N–H and O–H groups in total. The number of aryl methyl sites for hydroxylation is 12. The number of carbonyl (C=O) groups excluding carboxylic acids is 8. The van der Waals surface area contributed by atoms with Crippen molar-refractivity contribution in [1.29, 1.82) is 0 Å². The van der Waals surface area contributed by atoms with Crippen LogP contribution in [0.5, 0.6) is 0 Å². The quantitative estimate of drug-likeness (QED) is 0.0158. The van der Waals surface area contributed by atoms with Gasteiger partial charge in [0.05, 0.1) is 0 Å². The Morgan fingerprint density at radius 3 is 0.614 bits per heavy atom. The van der Waals surface area contributed by atoms with Crippen LogP contribution in [0, 0.1) is 55.4 Å². The summed E-state index contributed by atoms with van der Waals surface area (Å²) in [7, 11) is 16.3. The fourth-order valence-electron chi connectivity index (χ4n) is 12.1. The van der Waals surface area contributed by atoms with Crippen LogP contribution in [0.3, 0.4) is 0 Å². The van der Waals surface area contributed by atoms with Crippen molar-refractivity contribution < 1.29 is 38.4 Å². The highest BCUT2D eigenvalue weighted by Gasteiger charge is 2.11. The summed E-state index contributed by atoms with van der Waals surface area (Å²) in [6.07, 6.45) is 18.6. The minimum atomic E-state index is -0.0644. The molecule has 728 valence electrons. The summed E-state index contributed by atoms with van der Waals surface area (Å²) < 4.78 is 0. The Balaban J connectivity index is 0.000000756. The molecule has 0 fully saturated rings. The number of hydrogen-bond donors (Lipinski definition) is 12. The van der Waals surface area contributed by atoms with Crippen LogP contribution in [0.15, 0.2) is 194 Å². The maximum absolute atomic E-state index is 11.8. The average molecular weight is 1820 g/mol. The van der Waals surface area contributed by atoms with Gasteiger partial charge in [-0.2, -0.15) is 0 Å². The van der Waals surface area contributed by atoms with Crippen LogP contribution in [0.1, 0.15) is 211 Å². The molecule has 0 radical (unpaired) electrons. The van der Waals surface area contributed by atoms with E-state index in [4.69, 9.17) is 22.9 Å². The van der Waals surface area contributed by atoms with Gasteiger partial charge in [-0.3, -0.25) is 38.4 Å². The second-order valence-corrected chi connectivity index (χ2v) is 34.4. The Hall–Kier alpha value is -10.8. The van der Waals surface area contributed by atoms with E-state index in [1.807, 2.05) is 146 Å². The van der Waals surface area contributed by atoms with Crippen molar-refractivity contribution >= 4 is 47.3 Å². The highest BCUT2D eigenvalue weighted by atomic mass is 16.2. The zero-order valence-corrected chi connectivity index (χ0v) is 83.3. The van der Waals surface area contributed by atoms with E-state index in [1.54, 1.807) is 12.1 Å². The Kier molecular flexibility index (Phi) is 69.3. The number of nitrogens with two attached hydrogens (primary N) is 4. The van der Waals surface area contributed by atoms with Crippen LogP contribution in [0.2, 0.25) is 0 Å². The maximum Gasteiger partial charge on any atom is 0.251 e. The standard InChI is InChI=1S/C17H28N2O.2C15H24N2O.C14H22N2O.C13H20N2O.2C12H18N2O.C10H14N2O/c1-15-7-9-16(10-8-15)11-12-17(20)18-13-5-4-6-14-19(2)3;1-13-7-9-14(10-8-13)15(18)16-11-5-4-6-12-17(2)3;1-13-5-7-14(8-6-13)9-10-15(18)17-12-4-2-3-11-16;1-12-4-6-13(7-5-12)8-9-14(17)15-10-11-16(2)3;1-11-5-7-12(8-6-11)13(16)15-10-4-2-3-9-14;1-10-4-6-11(7-5-10)12(15)13-8-9-14(2)3;1-10-2-4-11(5-3-10)6-7-12(15)14-9-8-13;1-8-2-4-9(5-3-8)10(13)12-7-6-11/h7-10H,4-6,11-14H2,1-3H3,(H,18,20);7-10H,4-6,11-12H2,1-3H3,(H,16,18);5-8H,2-4,9-12,16H2,1H3,(H,17,18);4-7H,8-11H2,1-3H3,(H,15,17);5-8H,2-4,9-10,14H2,1H3,(H,15,16);4-7H,8-9H2,1-3H3,(H,13,15);2-5H,6-9,13H2,1H3,(H,14,15);2-5H,6-7,11H2,1H3,(H,12,13). The molecule has 0 bridgehead atoms. The van der Waals surface area contributed by atoms with Gasteiger partial charge in [-0.1, -0.05) is 216 Å². The Labute approximate surface area is 794 Å². The number of nitrogens with one attached hydrogen (secondary N) is 8. The minimum Gasteiger partial charge on any atom is -0.356 e. The summed E-state index contributed by atoms with van der Waals surface area (Å²) in [5.41, 5.74) is 38.8. The van der Waals surface area contributed by atoms with E-state index >= 15 is 0 Å². The largest absolute Gasteiger partial charge is 0.356 e. The lowest BCUT2D eigenvalue weighted by Crippen LogP contribution is -2.31. The molecule has 0 aromatic heterocycles. The summed E-state index contributed by atoms with van der Waals surface area (Å²) >= 11 is 0. The average Bonchev–Trinajstić information content (AvgIpc) is 0.939. The van der Waals surface area contributed by atoms with Gasteiger partial charge < -0.3 is 85.1 Å². The van der Waals surface area contributed by atoms with Crippen molar-refractivity contribution in [3.8, 4) is 0 Å². The third kappa shape index (κ3) is 67.4. The van der Waals surface area contributed by atoms with E-state index < -0.39 is 0 Å². The van der Waals surface area contributed by atoms with Crippen molar-refractivity contribution in [3.05, 3.63) is 283 Å². The molecule has 0 spiro atoms. The number of nitrogens with zero attached hydrogens (tertiary/aromatic N) is 4. The normalized spacial score (nSPS) is 10.4. The summed E-state index contributed by atoms with van der Waals surface area (Å²) in [5.74, 6) is 0.479. The van der Waals surface area contributed by atoms with Crippen molar-refractivity contribution in [2.24, 2.45) is 22.9 Å². The van der Waals surface area contributed by atoms with E-state index in [1.165, 1.54) is 80.5 Å². The van der Waals surface area contributed by atoms with Gasteiger partial charge in [-0.15, -0.1) is 0 Å². The lowest BCUT2D eigenvalue weighted by Gasteiger charge is -2.10. The molecule has 0 saturated heterocycles. The van der Waals surface area contributed by atoms with Crippen LogP contribution >= 0.6 is 0 Å². The van der Waals surface area contributed by atoms with Gasteiger partial charge >= 0.3 is 0 Å². The summed E-state index contributed by atoms with van der Waals surface area (Å²) in [5, 5.41) is 23.0. The molecule has 0 atom stereocenters. The van der Waals surface area contributed by atoms with Gasteiger partial charge in [-0.25, -0.2) is 0 Å². The van der Waals surface area contributed by atoms with Gasteiger partial charge in [0.25, 0.3) is 23.6 Å². The van der Waals surface area contributed by atoms with Crippen molar-refractivity contribution in [2.45, 2.75) is 184 Å². The number of carbonyl (C=O) groups is 8. The van der Waals surface area contributed by atoms with Crippen LogP contribution in [-0.2, 0) is 44.9 Å². The van der Waals surface area contributed by atoms with Gasteiger partial charge in [0.1, 0.15) is 0 Å². The van der Waals surface area contributed by atoms with Crippen LogP contribution in [-0.4, -0.2) is 228 Å². The fourth-order valence-corrected chi connectivity index (χ4v) is 12.1. The van der Waals surface area contributed by atoms with Gasteiger partial charge in [-0.05, 0) is 286 Å². The van der Waals surface area contributed by atoms with E-state index in [0.717, 1.165) is 178 Å². The minimum absolute atomic E-state index is 0.00292. The zero-order valence-electron chi connectivity index (χ0n) is 83.3. The Bertz CT molecular complexity index is 4320. The van der Waals surface area contributed by atoms with Crippen LogP contribution < -0.4 is 65.5 Å². The number of rotatable bonds is 48. The summed E-state index contributed by atoms with van der Waals surface area (Å²) in [4.78, 5) is 101. The third-order valence-electron chi connectivity index (χ3n) is 20.5. The molecule has 0 aliphatic heterocycles. The molecular formula is C108H168N16O8. The molecule has 24 heteroatoms. The zero-order chi connectivity index (χ0) is 97.9. The Morgan fingerprint density at radius 2 is 0.386 bits per heavy atom. The van der Waals surface area contributed by atoms with E-state index in [-0.39, 0.29) is 47.3 Å². The SMILES string of the molecule is Cc1ccc(C(=O)NCCCCCN(C)C)cc1.Cc1ccc(C(=O)NCCCCCN)cc1.Cc1ccc(C(=O)NCCN(C)C)cc1.Cc1ccc(C(=O)NCCN)cc1.Cc1ccc(CCC(=O)NCCCCCN(C)C)cc1.Cc1ccc(CCC(=O)NCCCCCN)cc1.Cc1ccc(CCC(=O)NCCN(C)C)cc1.Cc1ccc(CCC(=O)NCCN)cc1. The first-order chi connectivity index (χ1) is 63.2. The fraction of sp³-hybridized carbons (Fsp3) is 0.481. The van der Waals surface area contributed by atoms with E-state index in [2.05, 4.69) is 210 Å². The number of benzene rings is 8. The monoisotopic (exact) mass is 1820 g/mol. The molecule has 0 saturated carbocycles. The molecule has 8 aromatic carbocycles. The van der Waals surface area contributed by atoms with Gasteiger partial charge in [0.15, 0.2) is 0 Å². The molecule has 0 aliphatic carbocycles. The second kappa shape index (κ2) is 76.7. The topological polar surface area (TPSA) is 350 Å². The third-order valence-corrected chi connectivity index (χ3v) is 20.5. The lowest BCUT2D eigenvalue weighted by molar-refractivity contribution is -0.121. The highest BCUT2D eigenvalue weighted by Crippen LogP contribution is 2.13. The molecule has 0 aliphatic rings. The second-order valence-electron chi connectivity index (χ2n) is 34.4. The number of amides is 8. The van der Waals surface area contributed by atoms with Gasteiger partial charge in [0.2, 0.25) is 23.6 Å². The van der Waals surface area contributed by atoms with Crippen LogP contribution in [0.4, 0.5) is 0 Å². The maximum atomic E-state index is 11.8. The van der Waals surface area contributed by atoms with Crippen LogP contribution in [0.25, 0.3) is 0 Å². The smallest absolute Gasteiger partial charge is 0.251 e. The number of likely N-dealkylation sites (N-methyl/N-ethyl adjacent to an activating group) is 2. The predicted octanol–water partition coefficient (Wildman–Crippen LogP) is 13.8. The molecule has 0 heterocycles. The van der Waals surface area contributed by atoms with Crippen molar-refractivity contribution in [3.63, 3.8) is 0 Å². The number of hydrogen-bond acceptors (Lipinski definition) is 16. The number of unbranched alkanes of at least 4 members (excludes halogenated alkanes) is 8. The molecule has 132 heavy (non-hydrogen) atoms. The molecular weight excluding hydrogens is 1650 g/mol. The molecule has 0 unspecified atom stereocenters. The Morgan fingerprint density at radius 1 is 0.205 bits per heavy atom. The first kappa shape index (κ1) is 119. The van der Waals surface area contributed by atoms with E-state index in [9.17, 15) is 38.4 Å². The molecule has 8 rings (SSSR count). The van der Waals surface area contributed by atoms with E-state index in [0.29, 0.717) is 64.0 Å². The lowest BCUT2D eigenvalue weighted by atomic mass is 10.1. The van der Waals surface area contributed by atoms with Crippen molar-refractivity contribution in [2.75, 3.05) is 161 Å². The molecule has 24 nitrogen and oxygen atoms in total. The molecule has 8 aromatic rings. The predicted molar refractivity (Wildman–Crippen MR) is 550 cm³/mol. The summed E-state index contributed by atoms with van der Waals surface area (Å²) in [6, 6.07) is 63.6. The summed E-state index contributed by atoms with van der Waals surface area (Å²) in [6.45, 7) is 28.3. The first-order valence-electron chi connectivity index (χ1n) is 47.3.